The molecule has 0 aliphatic carbocycles. The Morgan fingerprint density at radius 2 is 2.08 bits per heavy atom. The number of fused-ring (bicyclic) bond motifs is 1. The summed E-state index contributed by atoms with van der Waals surface area (Å²) in [5.74, 6) is -0.538. The third-order valence-corrected chi connectivity index (χ3v) is 4.54. The molecule has 24 heavy (non-hydrogen) atoms. The Hall–Kier alpha value is -2.67. The molecule has 2 aromatic rings. The van der Waals surface area contributed by atoms with Crippen molar-refractivity contribution in [1.82, 2.24) is 5.32 Å². The number of amides is 3. The van der Waals surface area contributed by atoms with Crippen LogP contribution in [-0.4, -0.2) is 24.3 Å². The monoisotopic (exact) mass is 343 g/mol. The number of thiophene rings is 1. The number of carbonyl (C=O) groups is 3. The van der Waals surface area contributed by atoms with Crippen LogP contribution in [0.4, 0.5) is 11.4 Å². The minimum Gasteiger partial charge on any atom is -0.342 e. The molecule has 0 saturated heterocycles. The van der Waals surface area contributed by atoms with Gasteiger partial charge in [0.1, 0.15) is 0 Å². The second kappa shape index (κ2) is 7.27. The molecule has 0 radical (unpaired) electrons. The topological polar surface area (TPSA) is 87.3 Å². The van der Waals surface area contributed by atoms with E-state index in [0.717, 1.165) is 24.1 Å². The van der Waals surface area contributed by atoms with E-state index in [1.807, 2.05) is 11.4 Å². The fraction of sp³-hybridized carbons (Fsp3) is 0.235. The Bertz CT molecular complexity index is 771. The number of rotatable bonds is 4. The van der Waals surface area contributed by atoms with E-state index in [1.54, 1.807) is 24.3 Å². The van der Waals surface area contributed by atoms with Gasteiger partial charge in [-0.1, -0.05) is 6.07 Å². The molecular formula is C17H17N3O3S. The number of nitrogens with one attached hydrogen (secondary N) is 3. The van der Waals surface area contributed by atoms with Crippen LogP contribution in [-0.2, 0) is 16.0 Å². The molecule has 0 unspecified atom stereocenters. The molecular weight excluding hydrogens is 326 g/mol. The first-order valence-electron chi connectivity index (χ1n) is 7.66. The smallest absolute Gasteiger partial charge is 0.261 e. The minimum absolute atomic E-state index is 0.0156. The summed E-state index contributed by atoms with van der Waals surface area (Å²) < 4.78 is 0. The number of carbonyl (C=O) groups excluding carboxylic acids is 3. The fourth-order valence-corrected chi connectivity index (χ4v) is 3.15. The van der Waals surface area contributed by atoms with Gasteiger partial charge in [0.15, 0.2) is 0 Å². The highest BCUT2D eigenvalue weighted by Crippen LogP contribution is 2.25. The van der Waals surface area contributed by atoms with Crippen LogP contribution in [0, 0.1) is 0 Å². The summed E-state index contributed by atoms with van der Waals surface area (Å²) in [5, 5.41) is 10.0. The van der Waals surface area contributed by atoms with E-state index in [9.17, 15) is 14.4 Å². The van der Waals surface area contributed by atoms with Crippen molar-refractivity contribution in [2.24, 2.45) is 0 Å². The van der Waals surface area contributed by atoms with Crippen molar-refractivity contribution in [2.45, 2.75) is 19.3 Å². The zero-order valence-corrected chi connectivity index (χ0v) is 13.7. The largest absolute Gasteiger partial charge is 0.342 e. The number of benzene rings is 1. The molecule has 0 spiro atoms. The SMILES string of the molecule is O=C(CNC(=O)c1cccs1)Nc1ccc2c(c1)CCCC(=O)N2. The lowest BCUT2D eigenvalue weighted by Gasteiger charge is -2.11. The van der Waals surface area contributed by atoms with Gasteiger partial charge in [-0.05, 0) is 48.1 Å². The third kappa shape index (κ3) is 3.99. The number of hydrogen-bond acceptors (Lipinski definition) is 4. The zero-order valence-electron chi connectivity index (χ0n) is 12.9. The minimum atomic E-state index is -0.294. The second-order valence-electron chi connectivity index (χ2n) is 5.48. The zero-order chi connectivity index (χ0) is 16.9. The van der Waals surface area contributed by atoms with Crippen LogP contribution in [0.25, 0.3) is 0 Å². The standard InChI is InChI=1S/C17H17N3O3S/c21-15-5-1-3-11-9-12(6-7-13(11)20-15)19-16(22)10-18-17(23)14-4-2-8-24-14/h2,4,6-9H,1,3,5,10H2,(H,18,23)(H,19,22)(H,20,21). The van der Waals surface area contributed by atoms with Crippen molar-refractivity contribution in [1.29, 1.82) is 0 Å². The second-order valence-corrected chi connectivity index (χ2v) is 6.43. The average molecular weight is 343 g/mol. The lowest BCUT2D eigenvalue weighted by Crippen LogP contribution is -2.32. The van der Waals surface area contributed by atoms with Crippen molar-refractivity contribution >= 4 is 40.4 Å². The van der Waals surface area contributed by atoms with Gasteiger partial charge >= 0.3 is 0 Å². The van der Waals surface area contributed by atoms with Crippen LogP contribution in [0.5, 0.6) is 0 Å². The first-order chi connectivity index (χ1) is 11.6. The Morgan fingerprint density at radius 3 is 2.88 bits per heavy atom. The number of aryl methyl sites for hydroxylation is 1. The van der Waals surface area contributed by atoms with E-state index in [2.05, 4.69) is 16.0 Å². The number of anilines is 2. The molecule has 1 aliphatic heterocycles. The van der Waals surface area contributed by atoms with E-state index >= 15 is 0 Å². The maximum absolute atomic E-state index is 12.0. The van der Waals surface area contributed by atoms with Gasteiger partial charge in [-0.25, -0.2) is 0 Å². The highest BCUT2D eigenvalue weighted by molar-refractivity contribution is 7.12. The summed E-state index contributed by atoms with van der Waals surface area (Å²) in [4.78, 5) is 35.9. The van der Waals surface area contributed by atoms with Crippen LogP contribution >= 0.6 is 11.3 Å². The molecule has 3 N–H and O–H groups in total. The van der Waals surface area contributed by atoms with Crippen LogP contribution in [0.3, 0.4) is 0 Å². The lowest BCUT2D eigenvalue weighted by molar-refractivity contribution is -0.116. The molecule has 124 valence electrons. The molecule has 3 rings (SSSR count). The van der Waals surface area contributed by atoms with Crippen LogP contribution in [0.1, 0.15) is 28.1 Å². The molecule has 1 aromatic heterocycles. The third-order valence-electron chi connectivity index (χ3n) is 3.67. The Labute approximate surface area is 143 Å². The van der Waals surface area contributed by atoms with Gasteiger partial charge in [-0.3, -0.25) is 14.4 Å². The summed E-state index contributed by atoms with van der Waals surface area (Å²) in [5.41, 5.74) is 2.45. The van der Waals surface area contributed by atoms with Gasteiger partial charge in [0.2, 0.25) is 11.8 Å². The van der Waals surface area contributed by atoms with Gasteiger partial charge in [0, 0.05) is 17.8 Å². The van der Waals surface area contributed by atoms with Gasteiger partial charge in [0.25, 0.3) is 5.91 Å². The summed E-state index contributed by atoms with van der Waals surface area (Å²) in [6.07, 6.45) is 2.07. The van der Waals surface area contributed by atoms with Gasteiger partial charge in [-0.15, -0.1) is 11.3 Å². The molecule has 1 aromatic carbocycles. The summed E-state index contributed by atoms with van der Waals surface area (Å²) in [7, 11) is 0. The van der Waals surface area contributed by atoms with Crippen LogP contribution in [0.15, 0.2) is 35.7 Å². The van der Waals surface area contributed by atoms with Crippen molar-refractivity contribution in [3.8, 4) is 0 Å². The maximum atomic E-state index is 12.0. The fourth-order valence-electron chi connectivity index (χ4n) is 2.51. The van der Waals surface area contributed by atoms with Crippen molar-refractivity contribution < 1.29 is 14.4 Å². The molecule has 1 aliphatic rings. The van der Waals surface area contributed by atoms with E-state index in [4.69, 9.17) is 0 Å². The molecule has 0 saturated carbocycles. The van der Waals surface area contributed by atoms with Crippen LogP contribution in [0.2, 0.25) is 0 Å². The van der Waals surface area contributed by atoms with Crippen molar-refractivity contribution in [2.75, 3.05) is 17.2 Å². The predicted octanol–water partition coefficient (Wildman–Crippen LogP) is 2.39. The van der Waals surface area contributed by atoms with E-state index < -0.39 is 0 Å². The van der Waals surface area contributed by atoms with Gasteiger partial charge in [0.05, 0.1) is 11.4 Å². The summed E-state index contributed by atoms with van der Waals surface area (Å²) in [6.45, 7) is -0.0927. The van der Waals surface area contributed by atoms with Gasteiger partial charge < -0.3 is 16.0 Å². The summed E-state index contributed by atoms with van der Waals surface area (Å²) in [6, 6.07) is 8.88. The Morgan fingerprint density at radius 1 is 1.21 bits per heavy atom. The lowest BCUT2D eigenvalue weighted by atomic mass is 10.1. The van der Waals surface area contributed by atoms with Crippen molar-refractivity contribution in [3.63, 3.8) is 0 Å². The molecule has 2 heterocycles. The quantitative estimate of drug-likeness (QED) is 0.796. The molecule has 0 atom stereocenters. The highest BCUT2D eigenvalue weighted by atomic mass is 32.1. The maximum Gasteiger partial charge on any atom is 0.261 e. The average Bonchev–Trinajstić information content (AvgIpc) is 3.03. The van der Waals surface area contributed by atoms with E-state index in [-0.39, 0.29) is 24.3 Å². The Kier molecular flexibility index (Phi) is 4.90. The summed E-state index contributed by atoms with van der Waals surface area (Å²) >= 11 is 1.33. The number of hydrogen-bond donors (Lipinski definition) is 3. The van der Waals surface area contributed by atoms with E-state index in [1.165, 1.54) is 11.3 Å². The van der Waals surface area contributed by atoms with Crippen molar-refractivity contribution in [3.05, 3.63) is 46.2 Å². The molecule has 0 bridgehead atoms. The molecule has 3 amide bonds. The van der Waals surface area contributed by atoms with Crippen LogP contribution < -0.4 is 16.0 Å². The van der Waals surface area contributed by atoms with E-state index in [0.29, 0.717) is 17.0 Å². The normalized spacial score (nSPS) is 13.4. The predicted molar refractivity (Wildman–Crippen MR) is 93.3 cm³/mol. The molecule has 0 fully saturated rings. The first-order valence-corrected chi connectivity index (χ1v) is 8.54. The highest BCUT2D eigenvalue weighted by Gasteiger charge is 2.14. The first kappa shape index (κ1) is 16.2. The Balaban J connectivity index is 1.57. The molecule has 7 heteroatoms. The molecule has 6 nitrogen and oxygen atoms in total. The van der Waals surface area contributed by atoms with Gasteiger partial charge in [-0.2, -0.15) is 0 Å².